The second kappa shape index (κ2) is 11.3. The molecule has 184 valence electrons. The summed E-state index contributed by atoms with van der Waals surface area (Å²) in [5, 5.41) is 7.90. The van der Waals surface area contributed by atoms with Crippen molar-refractivity contribution in [3.63, 3.8) is 0 Å². The van der Waals surface area contributed by atoms with Crippen LogP contribution >= 0.6 is 11.6 Å². The highest BCUT2D eigenvalue weighted by molar-refractivity contribution is 6.30. The zero-order chi connectivity index (χ0) is 24.0. The molecule has 3 aromatic rings. The van der Waals surface area contributed by atoms with Crippen LogP contribution in [0.3, 0.4) is 0 Å². The van der Waals surface area contributed by atoms with Gasteiger partial charge >= 0.3 is 0 Å². The fourth-order valence-electron chi connectivity index (χ4n) is 4.87. The van der Waals surface area contributed by atoms with Crippen molar-refractivity contribution in [3.8, 4) is 11.4 Å². The summed E-state index contributed by atoms with van der Waals surface area (Å²) in [6, 6.07) is 16.0. The van der Waals surface area contributed by atoms with Gasteiger partial charge in [0.25, 0.3) is 0 Å². The van der Waals surface area contributed by atoms with Gasteiger partial charge in [-0.15, -0.1) is 0 Å². The van der Waals surface area contributed by atoms with Gasteiger partial charge in [0.2, 0.25) is 17.6 Å². The molecule has 0 aliphatic carbocycles. The van der Waals surface area contributed by atoms with Gasteiger partial charge in [0.1, 0.15) is 0 Å². The lowest BCUT2D eigenvalue weighted by Gasteiger charge is -2.30. The molecule has 2 saturated heterocycles. The first kappa shape index (κ1) is 24.0. The van der Waals surface area contributed by atoms with Crippen molar-refractivity contribution in [1.82, 2.24) is 25.3 Å². The lowest BCUT2D eigenvalue weighted by molar-refractivity contribution is -0.126. The summed E-state index contributed by atoms with van der Waals surface area (Å²) < 4.78 is 5.44. The molecule has 1 aromatic heterocycles. The van der Waals surface area contributed by atoms with Crippen molar-refractivity contribution < 1.29 is 9.32 Å². The number of rotatable bonds is 8. The molecular formula is C27H32ClN5O2. The van der Waals surface area contributed by atoms with E-state index < -0.39 is 0 Å². The van der Waals surface area contributed by atoms with E-state index in [1.165, 1.54) is 31.5 Å². The number of aromatic nitrogens is 2. The van der Waals surface area contributed by atoms with Crippen LogP contribution < -0.4 is 5.32 Å². The molecule has 0 atom stereocenters. The van der Waals surface area contributed by atoms with Crippen LogP contribution in [0.2, 0.25) is 5.02 Å². The molecule has 0 radical (unpaired) electrons. The Kier molecular flexibility index (Phi) is 7.76. The number of amides is 1. The number of hydrogen-bond acceptors (Lipinski definition) is 6. The fourth-order valence-corrected chi connectivity index (χ4v) is 5.00. The van der Waals surface area contributed by atoms with E-state index in [1.54, 1.807) is 0 Å². The van der Waals surface area contributed by atoms with Gasteiger partial charge in [-0.3, -0.25) is 14.6 Å². The second-order valence-electron chi connectivity index (χ2n) is 9.59. The highest BCUT2D eigenvalue weighted by Crippen LogP contribution is 2.22. The predicted molar refractivity (Wildman–Crippen MR) is 136 cm³/mol. The largest absolute Gasteiger partial charge is 0.352 e. The lowest BCUT2D eigenvalue weighted by atomic mass is 9.96. The van der Waals surface area contributed by atoms with Crippen molar-refractivity contribution in [2.24, 2.45) is 5.92 Å². The minimum Gasteiger partial charge on any atom is -0.352 e. The topological polar surface area (TPSA) is 74.5 Å². The number of halogens is 1. The number of hydrogen-bond donors (Lipinski definition) is 1. The molecule has 7 nitrogen and oxygen atoms in total. The quantitative estimate of drug-likeness (QED) is 0.497. The van der Waals surface area contributed by atoms with Gasteiger partial charge in [-0.25, -0.2) is 0 Å². The summed E-state index contributed by atoms with van der Waals surface area (Å²) in [6.45, 7) is 6.28. The number of carbonyl (C=O) groups excluding carboxylic acids is 1. The Morgan fingerprint density at radius 1 is 0.914 bits per heavy atom. The van der Waals surface area contributed by atoms with Gasteiger partial charge in [-0.1, -0.05) is 41.0 Å². The molecule has 8 heteroatoms. The average molecular weight is 494 g/mol. The third-order valence-electron chi connectivity index (χ3n) is 6.98. The molecule has 0 saturated carbocycles. The van der Waals surface area contributed by atoms with Crippen molar-refractivity contribution in [3.05, 3.63) is 70.6 Å². The summed E-state index contributed by atoms with van der Waals surface area (Å²) in [7, 11) is 0. The van der Waals surface area contributed by atoms with E-state index in [2.05, 4.69) is 49.5 Å². The molecule has 2 aromatic carbocycles. The minimum atomic E-state index is 0.0491. The van der Waals surface area contributed by atoms with Crippen molar-refractivity contribution in [2.75, 3.05) is 26.2 Å². The van der Waals surface area contributed by atoms with Gasteiger partial charge < -0.3 is 9.84 Å². The maximum atomic E-state index is 12.7. The van der Waals surface area contributed by atoms with Gasteiger partial charge in [0.05, 0.1) is 6.54 Å². The van der Waals surface area contributed by atoms with E-state index >= 15 is 0 Å². The summed E-state index contributed by atoms with van der Waals surface area (Å²) in [4.78, 5) is 22.0. The Hall–Kier alpha value is -2.74. The van der Waals surface area contributed by atoms with Crippen LogP contribution in [0.5, 0.6) is 0 Å². The number of nitrogens with one attached hydrogen (secondary N) is 1. The Balaban J connectivity index is 1.04. The summed E-state index contributed by atoms with van der Waals surface area (Å²) in [6.07, 6.45) is 4.29. The molecular weight excluding hydrogens is 462 g/mol. The van der Waals surface area contributed by atoms with Crippen LogP contribution in [0.25, 0.3) is 11.4 Å². The standard InChI is InChI=1S/C27H32ClN5O2/c28-24-9-7-22(8-10-24)26-30-25(35-31-26)19-33-15-11-23(12-16-33)27(34)29-17-20-3-5-21(6-4-20)18-32-13-1-2-14-32/h3-10,23H,1-2,11-19H2,(H,29,34). The van der Waals surface area contributed by atoms with Crippen molar-refractivity contribution in [1.29, 1.82) is 0 Å². The summed E-state index contributed by atoms with van der Waals surface area (Å²) in [5.74, 6) is 1.35. The number of nitrogens with zero attached hydrogens (tertiary/aromatic N) is 4. The van der Waals surface area contributed by atoms with Crippen LogP contribution in [-0.4, -0.2) is 52.0 Å². The first-order chi connectivity index (χ1) is 17.1. The third-order valence-corrected chi connectivity index (χ3v) is 7.23. The molecule has 1 amide bonds. The van der Waals surface area contributed by atoms with Crippen LogP contribution in [0, 0.1) is 5.92 Å². The summed E-state index contributed by atoms with van der Waals surface area (Å²) >= 11 is 5.95. The van der Waals surface area contributed by atoms with Gasteiger partial charge in [-0.2, -0.15) is 4.98 Å². The Bertz CT molecular complexity index is 1100. The zero-order valence-corrected chi connectivity index (χ0v) is 20.7. The Labute approximate surface area is 211 Å². The van der Waals surface area contributed by atoms with E-state index in [0.717, 1.165) is 43.6 Å². The number of carbonyl (C=O) groups is 1. The van der Waals surface area contributed by atoms with E-state index in [1.807, 2.05) is 24.3 Å². The molecule has 5 rings (SSSR count). The monoisotopic (exact) mass is 493 g/mol. The van der Waals surface area contributed by atoms with Crippen LogP contribution in [-0.2, 0) is 24.4 Å². The van der Waals surface area contributed by atoms with E-state index in [0.29, 0.717) is 29.8 Å². The number of benzene rings is 2. The van der Waals surface area contributed by atoms with Crippen LogP contribution in [0.4, 0.5) is 0 Å². The first-order valence-corrected chi connectivity index (χ1v) is 12.9. The second-order valence-corrected chi connectivity index (χ2v) is 10.0. The molecule has 0 unspecified atom stereocenters. The average Bonchev–Trinajstić information content (AvgIpc) is 3.57. The smallest absolute Gasteiger partial charge is 0.241 e. The van der Waals surface area contributed by atoms with E-state index in [-0.39, 0.29) is 11.8 Å². The Morgan fingerprint density at radius 3 is 2.29 bits per heavy atom. The first-order valence-electron chi connectivity index (χ1n) is 12.5. The SMILES string of the molecule is O=C(NCc1ccc(CN2CCCC2)cc1)C1CCN(Cc2nc(-c3ccc(Cl)cc3)no2)CC1. The third kappa shape index (κ3) is 6.48. The summed E-state index contributed by atoms with van der Waals surface area (Å²) in [5.41, 5.74) is 3.37. The molecule has 1 N–H and O–H groups in total. The molecule has 2 aliphatic heterocycles. The number of likely N-dealkylation sites (tertiary alicyclic amines) is 2. The fraction of sp³-hybridized carbons (Fsp3) is 0.444. The Morgan fingerprint density at radius 2 is 1.57 bits per heavy atom. The zero-order valence-electron chi connectivity index (χ0n) is 20.0. The van der Waals surface area contributed by atoms with Crippen molar-refractivity contribution in [2.45, 2.75) is 45.3 Å². The van der Waals surface area contributed by atoms with E-state index in [4.69, 9.17) is 16.1 Å². The van der Waals surface area contributed by atoms with Crippen molar-refractivity contribution >= 4 is 17.5 Å². The predicted octanol–water partition coefficient (Wildman–Crippen LogP) is 4.51. The van der Waals surface area contributed by atoms with Crippen LogP contribution in [0.1, 0.15) is 42.7 Å². The molecule has 2 fully saturated rings. The number of piperidine rings is 1. The van der Waals surface area contributed by atoms with E-state index in [9.17, 15) is 4.79 Å². The maximum absolute atomic E-state index is 12.7. The molecule has 3 heterocycles. The van der Waals surface area contributed by atoms with Gasteiger partial charge in [-0.05, 0) is 87.3 Å². The van der Waals surface area contributed by atoms with Crippen LogP contribution in [0.15, 0.2) is 53.1 Å². The highest BCUT2D eigenvalue weighted by Gasteiger charge is 2.26. The molecule has 0 bridgehead atoms. The highest BCUT2D eigenvalue weighted by atomic mass is 35.5. The van der Waals surface area contributed by atoms with Gasteiger partial charge in [0, 0.05) is 29.6 Å². The molecule has 0 spiro atoms. The lowest BCUT2D eigenvalue weighted by Crippen LogP contribution is -2.40. The minimum absolute atomic E-state index is 0.0491. The molecule has 35 heavy (non-hydrogen) atoms. The maximum Gasteiger partial charge on any atom is 0.241 e. The normalized spacial score (nSPS) is 17.6. The molecule has 2 aliphatic rings. The van der Waals surface area contributed by atoms with Gasteiger partial charge in [0.15, 0.2) is 0 Å².